The van der Waals surface area contributed by atoms with Crippen LogP contribution in [0.1, 0.15) is 22.9 Å². The second-order valence-electron chi connectivity index (χ2n) is 5.83. The van der Waals surface area contributed by atoms with E-state index in [9.17, 15) is 9.59 Å². The van der Waals surface area contributed by atoms with Crippen LogP contribution in [0.3, 0.4) is 0 Å². The lowest BCUT2D eigenvalue weighted by Gasteiger charge is -2.27. The molecule has 1 aliphatic heterocycles. The number of amides is 3. The summed E-state index contributed by atoms with van der Waals surface area (Å²) in [5.41, 5.74) is 1.17. The Kier molecular flexibility index (Phi) is 5.48. The topological polar surface area (TPSA) is 61.4 Å². The van der Waals surface area contributed by atoms with Gasteiger partial charge in [0.15, 0.2) is 0 Å². The molecule has 1 aliphatic rings. The molecule has 1 fully saturated rings. The highest BCUT2D eigenvalue weighted by atomic mass is 32.1. The number of urea groups is 1. The summed E-state index contributed by atoms with van der Waals surface area (Å²) in [4.78, 5) is 26.9. The lowest BCUT2D eigenvalue weighted by molar-refractivity contribution is -0.122. The molecule has 1 atom stereocenters. The number of carbonyl (C=O) groups is 2. The maximum Gasteiger partial charge on any atom is 0.317 e. The Morgan fingerprint density at radius 1 is 1.25 bits per heavy atom. The molecule has 24 heavy (non-hydrogen) atoms. The van der Waals surface area contributed by atoms with Crippen molar-refractivity contribution < 1.29 is 9.59 Å². The Labute approximate surface area is 145 Å². The molecule has 1 saturated heterocycles. The van der Waals surface area contributed by atoms with Crippen molar-refractivity contribution in [2.24, 2.45) is 0 Å². The van der Waals surface area contributed by atoms with Gasteiger partial charge >= 0.3 is 6.03 Å². The molecule has 0 aliphatic carbocycles. The molecular formula is C18H21N3O2S. The van der Waals surface area contributed by atoms with Gasteiger partial charge in [-0.1, -0.05) is 36.4 Å². The average molecular weight is 343 g/mol. The van der Waals surface area contributed by atoms with Crippen molar-refractivity contribution in [2.75, 3.05) is 19.6 Å². The fourth-order valence-electron chi connectivity index (χ4n) is 2.80. The lowest BCUT2D eigenvalue weighted by atomic mass is 10.0. The molecule has 2 heterocycles. The van der Waals surface area contributed by atoms with Gasteiger partial charge in [0.2, 0.25) is 5.91 Å². The minimum Gasteiger partial charge on any atom is -0.347 e. The molecule has 2 aromatic rings. The predicted molar refractivity (Wildman–Crippen MR) is 94.9 cm³/mol. The van der Waals surface area contributed by atoms with Gasteiger partial charge < -0.3 is 15.5 Å². The van der Waals surface area contributed by atoms with Crippen molar-refractivity contribution in [1.29, 1.82) is 0 Å². The molecule has 3 amide bonds. The van der Waals surface area contributed by atoms with Gasteiger partial charge in [-0.25, -0.2) is 4.79 Å². The van der Waals surface area contributed by atoms with E-state index in [2.05, 4.69) is 22.8 Å². The maximum absolute atomic E-state index is 12.4. The second-order valence-corrected chi connectivity index (χ2v) is 6.81. The second kappa shape index (κ2) is 7.97. The molecule has 0 radical (unpaired) electrons. The van der Waals surface area contributed by atoms with E-state index >= 15 is 0 Å². The van der Waals surface area contributed by atoms with Gasteiger partial charge in [0.1, 0.15) is 6.54 Å². The van der Waals surface area contributed by atoms with Crippen LogP contribution in [0.5, 0.6) is 0 Å². The zero-order valence-corrected chi connectivity index (χ0v) is 14.2. The smallest absolute Gasteiger partial charge is 0.317 e. The van der Waals surface area contributed by atoms with E-state index in [0.29, 0.717) is 13.1 Å². The van der Waals surface area contributed by atoms with Crippen molar-refractivity contribution in [2.45, 2.75) is 18.9 Å². The molecule has 0 saturated carbocycles. The average Bonchev–Trinajstić information content (AvgIpc) is 3.12. The summed E-state index contributed by atoms with van der Waals surface area (Å²) < 4.78 is 0. The number of rotatable bonds is 6. The maximum atomic E-state index is 12.4. The number of hydrogen-bond acceptors (Lipinski definition) is 3. The first-order valence-corrected chi connectivity index (χ1v) is 9.00. The summed E-state index contributed by atoms with van der Waals surface area (Å²) in [6.45, 7) is 1.41. The van der Waals surface area contributed by atoms with Crippen LogP contribution in [0.25, 0.3) is 0 Å². The van der Waals surface area contributed by atoms with Crippen LogP contribution in [0.4, 0.5) is 4.79 Å². The predicted octanol–water partition coefficient (Wildman–Crippen LogP) is 2.56. The SMILES string of the molecule is O=C(CN1CCCNC1=O)N[C@@H](Cc1ccccc1)c1cccs1. The Balaban J connectivity index is 1.65. The highest BCUT2D eigenvalue weighted by molar-refractivity contribution is 7.10. The monoisotopic (exact) mass is 343 g/mol. The highest BCUT2D eigenvalue weighted by Gasteiger charge is 2.22. The van der Waals surface area contributed by atoms with Crippen LogP contribution in [-0.4, -0.2) is 36.5 Å². The summed E-state index contributed by atoms with van der Waals surface area (Å²) in [5, 5.41) is 7.86. The van der Waals surface area contributed by atoms with Crippen LogP contribution in [0.15, 0.2) is 47.8 Å². The largest absolute Gasteiger partial charge is 0.347 e. The zero-order valence-electron chi connectivity index (χ0n) is 13.4. The molecule has 3 rings (SSSR count). The van der Waals surface area contributed by atoms with Crippen LogP contribution in [-0.2, 0) is 11.2 Å². The van der Waals surface area contributed by atoms with Crippen molar-refractivity contribution in [3.05, 3.63) is 58.3 Å². The molecule has 126 valence electrons. The van der Waals surface area contributed by atoms with E-state index in [4.69, 9.17) is 0 Å². The van der Waals surface area contributed by atoms with Crippen LogP contribution in [0.2, 0.25) is 0 Å². The van der Waals surface area contributed by atoms with Crippen LogP contribution < -0.4 is 10.6 Å². The summed E-state index contributed by atoms with van der Waals surface area (Å²) in [6.07, 6.45) is 1.61. The molecular weight excluding hydrogens is 322 g/mol. The quantitative estimate of drug-likeness (QED) is 0.847. The molecule has 6 heteroatoms. The Morgan fingerprint density at radius 3 is 2.79 bits per heavy atom. The van der Waals surface area contributed by atoms with Crippen molar-refractivity contribution in [3.63, 3.8) is 0 Å². The molecule has 1 aromatic heterocycles. The normalized spacial score (nSPS) is 15.7. The van der Waals surface area contributed by atoms with Crippen molar-refractivity contribution in [1.82, 2.24) is 15.5 Å². The number of thiophene rings is 1. The molecule has 2 N–H and O–H groups in total. The summed E-state index contributed by atoms with van der Waals surface area (Å²) in [5.74, 6) is -0.124. The minimum absolute atomic E-state index is 0.0762. The number of hydrogen-bond donors (Lipinski definition) is 2. The highest BCUT2D eigenvalue weighted by Crippen LogP contribution is 2.23. The Bertz CT molecular complexity index is 673. The number of benzene rings is 1. The fourth-order valence-corrected chi connectivity index (χ4v) is 3.58. The summed E-state index contributed by atoms with van der Waals surface area (Å²) in [7, 11) is 0. The van der Waals surface area contributed by atoms with Gasteiger partial charge in [0.05, 0.1) is 6.04 Å². The van der Waals surface area contributed by atoms with E-state index in [-0.39, 0.29) is 24.5 Å². The Hall–Kier alpha value is -2.34. The third-order valence-electron chi connectivity index (χ3n) is 4.01. The molecule has 1 aromatic carbocycles. The van der Waals surface area contributed by atoms with Gasteiger partial charge in [-0.3, -0.25) is 4.79 Å². The molecule has 0 spiro atoms. The Morgan fingerprint density at radius 2 is 2.08 bits per heavy atom. The van der Waals surface area contributed by atoms with Crippen LogP contribution in [0, 0.1) is 0 Å². The van der Waals surface area contributed by atoms with E-state index in [1.54, 1.807) is 16.2 Å². The standard InChI is InChI=1S/C18H21N3O2S/c22-17(13-21-10-5-9-19-18(21)23)20-15(16-8-4-11-24-16)12-14-6-2-1-3-7-14/h1-4,6-8,11,15H,5,9-10,12-13H2,(H,19,23)(H,20,22)/t15-/m0/s1. The summed E-state index contributed by atoms with van der Waals surface area (Å²) >= 11 is 1.63. The molecule has 0 unspecified atom stereocenters. The molecule has 5 nitrogen and oxygen atoms in total. The van der Waals surface area contributed by atoms with Gasteiger partial charge in [-0.05, 0) is 29.9 Å². The number of carbonyl (C=O) groups excluding carboxylic acids is 2. The van der Waals surface area contributed by atoms with Gasteiger partial charge in [0.25, 0.3) is 0 Å². The molecule has 0 bridgehead atoms. The van der Waals surface area contributed by atoms with E-state index in [1.165, 1.54) is 5.56 Å². The zero-order chi connectivity index (χ0) is 16.8. The fraction of sp³-hybridized carbons (Fsp3) is 0.333. The number of nitrogens with one attached hydrogen (secondary N) is 2. The van der Waals surface area contributed by atoms with Gasteiger partial charge in [-0.15, -0.1) is 11.3 Å². The first kappa shape index (κ1) is 16.5. The van der Waals surface area contributed by atoms with Gasteiger partial charge in [-0.2, -0.15) is 0 Å². The first-order valence-electron chi connectivity index (χ1n) is 8.12. The number of nitrogens with zero attached hydrogens (tertiary/aromatic N) is 1. The first-order chi connectivity index (χ1) is 11.7. The van der Waals surface area contributed by atoms with Crippen LogP contribution >= 0.6 is 11.3 Å². The minimum atomic E-state index is -0.160. The lowest BCUT2D eigenvalue weighted by Crippen LogP contribution is -2.50. The summed E-state index contributed by atoms with van der Waals surface area (Å²) in [6, 6.07) is 13.9. The van der Waals surface area contributed by atoms with E-state index < -0.39 is 0 Å². The van der Waals surface area contributed by atoms with Crippen molar-refractivity contribution in [3.8, 4) is 0 Å². The van der Waals surface area contributed by atoms with E-state index in [1.807, 2.05) is 35.7 Å². The van der Waals surface area contributed by atoms with Gasteiger partial charge in [0, 0.05) is 18.0 Å². The van der Waals surface area contributed by atoms with E-state index in [0.717, 1.165) is 17.7 Å². The third-order valence-corrected chi connectivity index (χ3v) is 4.99. The van der Waals surface area contributed by atoms with Crippen molar-refractivity contribution >= 4 is 23.3 Å². The third kappa shape index (κ3) is 4.35.